The topological polar surface area (TPSA) is 49.0 Å². The third-order valence-corrected chi connectivity index (χ3v) is 7.44. The molecule has 0 bridgehead atoms. The van der Waals surface area contributed by atoms with Gasteiger partial charge in [-0.1, -0.05) is 31.2 Å². The fraction of sp³-hybridized carbons (Fsp3) is 0.455. The minimum atomic E-state index is 0.0475. The van der Waals surface area contributed by atoms with Crippen LogP contribution in [0.1, 0.15) is 53.7 Å². The van der Waals surface area contributed by atoms with Gasteiger partial charge in [-0.15, -0.1) is 11.3 Å². The van der Waals surface area contributed by atoms with Crippen molar-refractivity contribution >= 4 is 21.6 Å². The van der Waals surface area contributed by atoms with Crippen LogP contribution in [0.15, 0.2) is 29.1 Å². The lowest BCUT2D eigenvalue weighted by Gasteiger charge is -2.33. The highest BCUT2D eigenvalue weighted by Crippen LogP contribution is 2.36. The fourth-order valence-corrected chi connectivity index (χ4v) is 5.97. The quantitative estimate of drug-likeness (QED) is 0.725. The maximum absolute atomic E-state index is 12.9. The second kappa shape index (κ2) is 6.57. The first-order valence-electron chi connectivity index (χ1n) is 9.95. The van der Waals surface area contributed by atoms with Crippen LogP contribution in [0.4, 0.5) is 0 Å². The zero-order chi connectivity index (χ0) is 18.5. The number of hydrogen-bond donors (Lipinski definition) is 1. The van der Waals surface area contributed by atoms with Gasteiger partial charge in [-0.3, -0.25) is 9.69 Å². The van der Waals surface area contributed by atoms with Crippen molar-refractivity contribution < 1.29 is 0 Å². The summed E-state index contributed by atoms with van der Waals surface area (Å²) in [6, 6.07) is 8.76. The number of fused-ring (bicyclic) bond motifs is 4. The van der Waals surface area contributed by atoms with Gasteiger partial charge in [0.25, 0.3) is 5.56 Å². The first-order chi connectivity index (χ1) is 13.1. The molecule has 0 radical (unpaired) electrons. The molecule has 0 fully saturated rings. The molecule has 1 aliphatic carbocycles. The largest absolute Gasteiger partial charge is 0.309 e. The van der Waals surface area contributed by atoms with Crippen LogP contribution in [-0.4, -0.2) is 21.4 Å². The molecule has 1 aromatic carbocycles. The lowest BCUT2D eigenvalue weighted by atomic mass is 9.89. The molecule has 0 unspecified atom stereocenters. The number of aromatic nitrogens is 2. The molecule has 1 aliphatic heterocycles. The van der Waals surface area contributed by atoms with Crippen LogP contribution in [0.5, 0.6) is 0 Å². The molecule has 3 aromatic rings. The second-order valence-electron chi connectivity index (χ2n) is 8.15. The first kappa shape index (κ1) is 17.1. The summed E-state index contributed by atoms with van der Waals surface area (Å²) in [6.07, 6.45) is 4.32. The van der Waals surface area contributed by atoms with Gasteiger partial charge in [-0.05, 0) is 55.2 Å². The molecule has 5 rings (SSSR count). The molecular formula is C22H25N3OS. The standard InChI is InChI=1S/C22H25N3OS/c1-13-7-8-17-18(11-13)27-22-19(17)21(26)23-20(24-22)14(2)25-10-9-15-5-3-4-6-16(15)12-25/h3-6,13-14H,7-12H2,1-2H3,(H,23,24,26)/t13-,14+/m0/s1. The van der Waals surface area contributed by atoms with Gasteiger partial charge >= 0.3 is 0 Å². The Hall–Kier alpha value is -1.98. The van der Waals surface area contributed by atoms with E-state index in [1.165, 1.54) is 28.0 Å². The number of H-pyrrole nitrogens is 1. The highest BCUT2D eigenvalue weighted by atomic mass is 32.1. The average Bonchev–Trinajstić information content (AvgIpc) is 3.04. The lowest BCUT2D eigenvalue weighted by Crippen LogP contribution is -2.34. The van der Waals surface area contributed by atoms with Gasteiger partial charge < -0.3 is 4.98 Å². The Balaban J connectivity index is 1.49. The highest BCUT2D eigenvalue weighted by Gasteiger charge is 2.26. The smallest absolute Gasteiger partial charge is 0.259 e. The summed E-state index contributed by atoms with van der Waals surface area (Å²) >= 11 is 1.73. The van der Waals surface area contributed by atoms with Gasteiger partial charge in [0.1, 0.15) is 10.7 Å². The molecule has 1 N–H and O–H groups in total. The Kier molecular flexibility index (Phi) is 4.17. The summed E-state index contributed by atoms with van der Waals surface area (Å²) in [4.78, 5) is 25.6. The number of thiophene rings is 1. The predicted molar refractivity (Wildman–Crippen MR) is 110 cm³/mol. The molecule has 0 saturated heterocycles. The van der Waals surface area contributed by atoms with Gasteiger partial charge in [-0.2, -0.15) is 0 Å². The summed E-state index contributed by atoms with van der Waals surface area (Å²) in [7, 11) is 0. The van der Waals surface area contributed by atoms with Crippen LogP contribution >= 0.6 is 11.3 Å². The molecule has 4 nitrogen and oxygen atoms in total. The van der Waals surface area contributed by atoms with Gasteiger partial charge in [-0.25, -0.2) is 4.98 Å². The predicted octanol–water partition coefficient (Wildman–Crippen LogP) is 4.23. The van der Waals surface area contributed by atoms with Crippen molar-refractivity contribution in [2.24, 2.45) is 5.92 Å². The van der Waals surface area contributed by atoms with E-state index < -0.39 is 0 Å². The van der Waals surface area contributed by atoms with Crippen molar-refractivity contribution in [1.82, 2.24) is 14.9 Å². The van der Waals surface area contributed by atoms with Crippen molar-refractivity contribution in [3.63, 3.8) is 0 Å². The summed E-state index contributed by atoms with van der Waals surface area (Å²) in [5.41, 5.74) is 4.14. The number of nitrogens with zero attached hydrogens (tertiary/aromatic N) is 2. The van der Waals surface area contributed by atoms with Gasteiger partial charge in [0.15, 0.2) is 0 Å². The van der Waals surface area contributed by atoms with E-state index in [1.807, 2.05) is 0 Å². The van der Waals surface area contributed by atoms with Crippen molar-refractivity contribution in [3.8, 4) is 0 Å². The maximum atomic E-state index is 12.9. The summed E-state index contributed by atoms with van der Waals surface area (Å²) in [5, 5.41) is 0.849. The molecule has 0 amide bonds. The Morgan fingerprint density at radius 2 is 2.07 bits per heavy atom. The van der Waals surface area contributed by atoms with E-state index in [-0.39, 0.29) is 11.6 Å². The van der Waals surface area contributed by atoms with Crippen LogP contribution in [0.3, 0.4) is 0 Å². The van der Waals surface area contributed by atoms with Crippen LogP contribution in [0, 0.1) is 5.92 Å². The van der Waals surface area contributed by atoms with Crippen molar-refractivity contribution in [2.45, 2.75) is 52.1 Å². The molecular weight excluding hydrogens is 354 g/mol. The third kappa shape index (κ3) is 2.93. The molecule has 2 atom stereocenters. The van der Waals surface area contributed by atoms with E-state index in [2.05, 4.69) is 48.0 Å². The number of nitrogens with one attached hydrogen (secondary N) is 1. The van der Waals surface area contributed by atoms with Gasteiger partial charge in [0.05, 0.1) is 11.4 Å². The van der Waals surface area contributed by atoms with Crippen LogP contribution in [-0.2, 0) is 25.8 Å². The third-order valence-electron chi connectivity index (χ3n) is 6.29. The number of aryl methyl sites for hydroxylation is 1. The van der Waals surface area contributed by atoms with Crippen molar-refractivity contribution in [1.29, 1.82) is 0 Å². The second-order valence-corrected chi connectivity index (χ2v) is 9.23. The van der Waals surface area contributed by atoms with E-state index in [0.717, 1.165) is 48.4 Å². The molecule has 0 saturated carbocycles. The number of rotatable bonds is 2. The van der Waals surface area contributed by atoms with Crippen molar-refractivity contribution in [2.75, 3.05) is 6.54 Å². The summed E-state index contributed by atoms with van der Waals surface area (Å²) < 4.78 is 0. The summed E-state index contributed by atoms with van der Waals surface area (Å²) in [5.74, 6) is 1.51. The molecule has 27 heavy (non-hydrogen) atoms. The minimum Gasteiger partial charge on any atom is -0.309 e. The Morgan fingerprint density at radius 1 is 1.26 bits per heavy atom. The summed E-state index contributed by atoms with van der Waals surface area (Å²) in [6.45, 7) is 6.37. The fourth-order valence-electron chi connectivity index (χ4n) is 4.58. The maximum Gasteiger partial charge on any atom is 0.259 e. The first-order valence-corrected chi connectivity index (χ1v) is 10.8. The molecule has 2 aliphatic rings. The molecule has 140 valence electrons. The van der Waals surface area contributed by atoms with E-state index in [4.69, 9.17) is 4.98 Å². The number of benzene rings is 1. The zero-order valence-electron chi connectivity index (χ0n) is 15.9. The van der Waals surface area contributed by atoms with E-state index in [1.54, 1.807) is 11.3 Å². The highest BCUT2D eigenvalue weighted by molar-refractivity contribution is 7.18. The Bertz CT molecular complexity index is 1070. The monoisotopic (exact) mass is 379 g/mol. The van der Waals surface area contributed by atoms with Gasteiger partial charge in [0, 0.05) is 18.0 Å². The van der Waals surface area contributed by atoms with E-state index in [0.29, 0.717) is 5.92 Å². The minimum absolute atomic E-state index is 0.0475. The van der Waals surface area contributed by atoms with Crippen molar-refractivity contribution in [3.05, 3.63) is 62.0 Å². The normalized spacial score (nSPS) is 21.0. The Morgan fingerprint density at radius 3 is 2.93 bits per heavy atom. The van der Waals surface area contributed by atoms with Crippen LogP contribution in [0.25, 0.3) is 10.2 Å². The van der Waals surface area contributed by atoms with Crippen LogP contribution < -0.4 is 5.56 Å². The van der Waals surface area contributed by atoms with Crippen LogP contribution in [0.2, 0.25) is 0 Å². The number of hydrogen-bond acceptors (Lipinski definition) is 4. The number of aromatic amines is 1. The van der Waals surface area contributed by atoms with Gasteiger partial charge in [0.2, 0.25) is 0 Å². The molecule has 5 heteroatoms. The molecule has 3 heterocycles. The Labute approximate surface area is 163 Å². The SMILES string of the molecule is C[C@H]1CCc2c(sc3nc([C@@H](C)N4CCc5ccccc5C4)[nH]c(=O)c23)C1. The van der Waals surface area contributed by atoms with E-state index in [9.17, 15) is 4.79 Å². The zero-order valence-corrected chi connectivity index (χ0v) is 16.7. The molecule has 2 aromatic heterocycles. The average molecular weight is 380 g/mol. The lowest BCUT2D eigenvalue weighted by molar-refractivity contribution is 0.185. The molecule has 0 spiro atoms. The van der Waals surface area contributed by atoms with E-state index >= 15 is 0 Å².